The Kier molecular flexibility index (Phi) is 5.52. The van der Waals surface area contributed by atoms with Crippen molar-refractivity contribution in [2.24, 2.45) is 5.92 Å². The summed E-state index contributed by atoms with van der Waals surface area (Å²) in [5.74, 6) is 1.47. The van der Waals surface area contributed by atoms with Gasteiger partial charge in [-0.1, -0.05) is 13.8 Å². The van der Waals surface area contributed by atoms with Crippen LogP contribution in [0.1, 0.15) is 32.6 Å². The number of furan rings is 1. The fraction of sp³-hybridized carbons (Fsp3) is 0.667. The zero-order chi connectivity index (χ0) is 12.1. The van der Waals surface area contributed by atoms with Crippen molar-refractivity contribution in [1.29, 1.82) is 0 Å². The molecule has 1 heterocycles. The lowest BCUT2D eigenvalue weighted by Gasteiger charge is -2.24. The average molecular weight is 290 g/mol. The van der Waals surface area contributed by atoms with Gasteiger partial charge in [0.25, 0.3) is 0 Å². The van der Waals surface area contributed by atoms with Gasteiger partial charge in [0.15, 0.2) is 4.67 Å². The molecule has 0 aliphatic heterocycles. The molecule has 0 aliphatic rings. The molecule has 4 heteroatoms. The summed E-state index contributed by atoms with van der Waals surface area (Å²) in [7, 11) is 1.73. The number of ether oxygens (including phenoxy) is 1. The lowest BCUT2D eigenvalue weighted by atomic mass is 10.0. The topological polar surface area (TPSA) is 34.4 Å². The maximum atomic E-state index is 5.52. The van der Waals surface area contributed by atoms with Crippen molar-refractivity contribution >= 4 is 15.9 Å². The van der Waals surface area contributed by atoms with E-state index in [0.717, 1.165) is 10.4 Å². The van der Waals surface area contributed by atoms with Crippen molar-refractivity contribution in [2.75, 3.05) is 13.7 Å². The molecule has 0 saturated carbocycles. The first-order chi connectivity index (χ1) is 7.54. The highest BCUT2D eigenvalue weighted by Gasteiger charge is 2.18. The average Bonchev–Trinajstić information content (AvgIpc) is 2.64. The number of rotatable bonds is 6. The highest BCUT2D eigenvalue weighted by atomic mass is 79.9. The third kappa shape index (κ3) is 3.92. The predicted octanol–water partition coefficient (Wildman–Crippen LogP) is 3.36. The molecule has 0 aliphatic carbocycles. The van der Waals surface area contributed by atoms with E-state index < -0.39 is 0 Å². The van der Waals surface area contributed by atoms with E-state index >= 15 is 0 Å². The van der Waals surface area contributed by atoms with E-state index in [1.165, 1.54) is 0 Å². The van der Waals surface area contributed by atoms with Gasteiger partial charge in [-0.15, -0.1) is 0 Å². The van der Waals surface area contributed by atoms with Crippen LogP contribution in [0.3, 0.4) is 0 Å². The Morgan fingerprint density at radius 1 is 1.38 bits per heavy atom. The summed E-state index contributed by atoms with van der Waals surface area (Å²) in [5.41, 5.74) is 0. The summed E-state index contributed by atoms with van der Waals surface area (Å²) < 4.78 is 11.5. The van der Waals surface area contributed by atoms with Crippen LogP contribution >= 0.6 is 15.9 Å². The van der Waals surface area contributed by atoms with E-state index in [1.54, 1.807) is 7.11 Å². The third-order valence-electron chi connectivity index (χ3n) is 2.64. The van der Waals surface area contributed by atoms with Gasteiger partial charge >= 0.3 is 0 Å². The molecule has 16 heavy (non-hydrogen) atoms. The second-order valence-electron chi connectivity index (χ2n) is 4.34. The van der Waals surface area contributed by atoms with Crippen molar-refractivity contribution < 1.29 is 9.15 Å². The largest absolute Gasteiger partial charge is 0.453 e. The van der Waals surface area contributed by atoms with Crippen molar-refractivity contribution in [3.05, 3.63) is 22.6 Å². The summed E-state index contributed by atoms with van der Waals surface area (Å²) in [6, 6.07) is 4.41. The van der Waals surface area contributed by atoms with Crippen LogP contribution < -0.4 is 5.32 Å². The second kappa shape index (κ2) is 6.42. The molecule has 0 fully saturated rings. The summed E-state index contributed by atoms with van der Waals surface area (Å²) in [5, 5.41) is 3.51. The van der Waals surface area contributed by atoms with Crippen LogP contribution in [0.4, 0.5) is 0 Å². The molecule has 1 aromatic heterocycles. The molecular weight excluding hydrogens is 270 g/mol. The first-order valence-electron chi connectivity index (χ1n) is 5.54. The molecular formula is C12H20BrNO2. The van der Waals surface area contributed by atoms with Gasteiger partial charge in [-0.25, -0.2) is 0 Å². The van der Waals surface area contributed by atoms with Gasteiger partial charge in [-0.2, -0.15) is 0 Å². The molecule has 1 aromatic rings. The molecule has 92 valence electrons. The Morgan fingerprint density at radius 3 is 2.50 bits per heavy atom. The van der Waals surface area contributed by atoms with Crippen molar-refractivity contribution in [3.8, 4) is 0 Å². The van der Waals surface area contributed by atoms with Gasteiger partial charge in [-0.05, 0) is 40.9 Å². The zero-order valence-corrected chi connectivity index (χ0v) is 11.9. The van der Waals surface area contributed by atoms with Crippen LogP contribution in [0.25, 0.3) is 0 Å². The lowest BCUT2D eigenvalue weighted by Crippen LogP contribution is -2.39. The minimum Gasteiger partial charge on any atom is -0.453 e. The molecule has 1 N–H and O–H groups in total. The Bertz CT molecular complexity index is 312. The monoisotopic (exact) mass is 289 g/mol. The Balaban J connectivity index is 2.57. The van der Waals surface area contributed by atoms with Crippen LogP contribution in [0.2, 0.25) is 0 Å². The summed E-state index contributed by atoms with van der Waals surface area (Å²) in [6.07, 6.45) is 0. The van der Waals surface area contributed by atoms with E-state index in [1.807, 2.05) is 12.1 Å². The predicted molar refractivity (Wildman–Crippen MR) is 68.5 cm³/mol. The van der Waals surface area contributed by atoms with Gasteiger partial charge in [0.05, 0.1) is 12.6 Å². The molecule has 0 radical (unpaired) electrons. The molecule has 3 nitrogen and oxygen atoms in total. The van der Waals surface area contributed by atoms with Gasteiger partial charge in [0, 0.05) is 13.2 Å². The highest BCUT2D eigenvalue weighted by Crippen LogP contribution is 2.21. The Morgan fingerprint density at radius 2 is 2.06 bits per heavy atom. The maximum Gasteiger partial charge on any atom is 0.169 e. The van der Waals surface area contributed by atoms with Crippen molar-refractivity contribution in [2.45, 2.75) is 32.9 Å². The number of hydrogen-bond acceptors (Lipinski definition) is 3. The fourth-order valence-electron chi connectivity index (χ4n) is 1.58. The quantitative estimate of drug-likeness (QED) is 0.872. The first kappa shape index (κ1) is 13.7. The SMILES string of the molecule is COCC(NC(C)c1ccc(Br)o1)C(C)C. The van der Waals surface area contributed by atoms with Gasteiger partial charge in [0.2, 0.25) is 0 Å². The van der Waals surface area contributed by atoms with Crippen LogP contribution in [0.15, 0.2) is 21.2 Å². The number of halogens is 1. The number of hydrogen-bond donors (Lipinski definition) is 1. The van der Waals surface area contributed by atoms with Gasteiger partial charge in [-0.3, -0.25) is 0 Å². The fourth-order valence-corrected chi connectivity index (χ4v) is 1.90. The molecule has 1 rings (SSSR count). The van der Waals surface area contributed by atoms with Crippen LogP contribution in [-0.2, 0) is 4.74 Å². The normalized spacial score (nSPS) is 15.4. The summed E-state index contributed by atoms with van der Waals surface area (Å²) >= 11 is 3.31. The second-order valence-corrected chi connectivity index (χ2v) is 5.12. The van der Waals surface area contributed by atoms with Gasteiger partial charge < -0.3 is 14.5 Å². The smallest absolute Gasteiger partial charge is 0.169 e. The van der Waals surface area contributed by atoms with E-state index in [-0.39, 0.29) is 6.04 Å². The highest BCUT2D eigenvalue weighted by molar-refractivity contribution is 9.10. The number of methoxy groups -OCH3 is 1. The molecule has 2 unspecified atom stereocenters. The minimum atomic E-state index is 0.189. The molecule has 0 spiro atoms. The Hall–Kier alpha value is -0.320. The van der Waals surface area contributed by atoms with Crippen LogP contribution in [0, 0.1) is 5.92 Å². The van der Waals surface area contributed by atoms with Crippen LogP contribution in [0.5, 0.6) is 0 Å². The van der Waals surface area contributed by atoms with E-state index in [4.69, 9.17) is 9.15 Å². The van der Waals surface area contributed by atoms with E-state index in [2.05, 4.69) is 42.0 Å². The Labute approximate surface area is 106 Å². The first-order valence-corrected chi connectivity index (χ1v) is 6.34. The molecule has 0 saturated heterocycles. The zero-order valence-electron chi connectivity index (χ0n) is 10.3. The number of nitrogens with one attached hydrogen (secondary N) is 1. The maximum absolute atomic E-state index is 5.52. The summed E-state index contributed by atoms with van der Waals surface area (Å²) in [6.45, 7) is 7.17. The van der Waals surface area contributed by atoms with Crippen molar-refractivity contribution in [1.82, 2.24) is 5.32 Å². The molecule has 0 bridgehead atoms. The van der Waals surface area contributed by atoms with E-state index in [0.29, 0.717) is 18.6 Å². The van der Waals surface area contributed by atoms with Crippen molar-refractivity contribution in [3.63, 3.8) is 0 Å². The third-order valence-corrected chi connectivity index (χ3v) is 3.06. The minimum absolute atomic E-state index is 0.189. The standard InChI is InChI=1S/C12H20BrNO2/c1-8(2)10(7-15-4)14-9(3)11-5-6-12(13)16-11/h5-6,8-10,14H,7H2,1-4H3. The molecule has 0 amide bonds. The summed E-state index contributed by atoms with van der Waals surface area (Å²) in [4.78, 5) is 0. The van der Waals surface area contributed by atoms with Crippen LogP contribution in [-0.4, -0.2) is 19.8 Å². The molecule has 2 atom stereocenters. The lowest BCUT2D eigenvalue weighted by molar-refractivity contribution is 0.139. The van der Waals surface area contributed by atoms with E-state index in [9.17, 15) is 0 Å². The van der Waals surface area contributed by atoms with Gasteiger partial charge in [0.1, 0.15) is 5.76 Å². The molecule has 0 aromatic carbocycles.